The van der Waals surface area contributed by atoms with Gasteiger partial charge in [0.15, 0.2) is 0 Å². The molecule has 1 atom stereocenters. The zero-order valence-corrected chi connectivity index (χ0v) is 18.8. The molecule has 1 aliphatic carbocycles. The van der Waals surface area contributed by atoms with Crippen LogP contribution in [0.25, 0.3) is 10.9 Å². The van der Waals surface area contributed by atoms with Gasteiger partial charge in [-0.3, -0.25) is 4.72 Å². The molecule has 5 N–H and O–H groups in total. The van der Waals surface area contributed by atoms with E-state index < -0.39 is 16.1 Å². The zero-order valence-electron chi connectivity index (χ0n) is 18.0. The van der Waals surface area contributed by atoms with E-state index in [2.05, 4.69) is 21.1 Å². The first-order valence-corrected chi connectivity index (χ1v) is 12.6. The fourth-order valence-electron chi connectivity index (χ4n) is 4.17. The van der Waals surface area contributed by atoms with Crippen LogP contribution in [0.4, 0.5) is 5.69 Å². The summed E-state index contributed by atoms with van der Waals surface area (Å²) in [5, 5.41) is 24.8. The lowest BCUT2D eigenvalue weighted by molar-refractivity contribution is 0.168. The van der Waals surface area contributed by atoms with Crippen molar-refractivity contribution in [2.24, 2.45) is 0 Å². The van der Waals surface area contributed by atoms with Gasteiger partial charge in [0.1, 0.15) is 18.1 Å². The largest absolute Gasteiger partial charge is 0.508 e. The number of ether oxygens (including phenoxy) is 1. The van der Waals surface area contributed by atoms with Gasteiger partial charge in [-0.2, -0.15) is 0 Å². The number of benzene rings is 2. The molecule has 4 rings (SSSR count). The van der Waals surface area contributed by atoms with E-state index in [4.69, 9.17) is 4.74 Å². The van der Waals surface area contributed by atoms with Crippen LogP contribution in [0.3, 0.4) is 0 Å². The van der Waals surface area contributed by atoms with Crippen molar-refractivity contribution in [3.05, 3.63) is 53.2 Å². The van der Waals surface area contributed by atoms with Crippen LogP contribution in [-0.2, 0) is 22.9 Å². The molecular formula is C23H29N3O5S. The van der Waals surface area contributed by atoms with Crippen LogP contribution in [-0.4, -0.2) is 49.6 Å². The Morgan fingerprint density at radius 3 is 2.78 bits per heavy atom. The number of phenolic OH excluding ortho intramolecular Hbond substituents is 1. The molecule has 9 heteroatoms. The van der Waals surface area contributed by atoms with Gasteiger partial charge in [-0.05, 0) is 61.6 Å². The van der Waals surface area contributed by atoms with Gasteiger partial charge in [-0.1, -0.05) is 0 Å². The second kappa shape index (κ2) is 9.40. The van der Waals surface area contributed by atoms with Crippen molar-refractivity contribution in [2.45, 2.75) is 31.8 Å². The number of aryl methyl sites for hydroxylation is 2. The van der Waals surface area contributed by atoms with Crippen LogP contribution in [0, 0.1) is 0 Å². The predicted molar refractivity (Wildman–Crippen MR) is 125 cm³/mol. The van der Waals surface area contributed by atoms with Crippen molar-refractivity contribution in [3.8, 4) is 11.5 Å². The van der Waals surface area contributed by atoms with Crippen LogP contribution >= 0.6 is 0 Å². The zero-order chi connectivity index (χ0) is 22.7. The van der Waals surface area contributed by atoms with Crippen molar-refractivity contribution >= 4 is 26.6 Å². The number of phenols is 1. The van der Waals surface area contributed by atoms with Crippen molar-refractivity contribution < 1.29 is 23.4 Å². The lowest BCUT2D eigenvalue weighted by atomic mass is 9.96. The second-order valence-electron chi connectivity index (χ2n) is 8.21. The molecule has 1 heterocycles. The monoisotopic (exact) mass is 459 g/mol. The quantitative estimate of drug-likeness (QED) is 0.248. The standard InChI is InChI=1S/C23H29N3O5S/c1-32(29,30)26-15-6-9-22(27)19(12-15)23(28)14-24-10-11-31-16-7-8-18-17-4-2-3-5-20(17)25-21(18)13-16/h6-9,12-13,23-28H,2-5,10-11,14H2,1H3. The molecule has 0 aliphatic heterocycles. The number of sulfonamides is 1. The molecule has 32 heavy (non-hydrogen) atoms. The highest BCUT2D eigenvalue weighted by Gasteiger charge is 2.16. The molecule has 3 aromatic rings. The predicted octanol–water partition coefficient (Wildman–Crippen LogP) is 2.83. The van der Waals surface area contributed by atoms with Gasteiger partial charge in [-0.15, -0.1) is 0 Å². The number of fused-ring (bicyclic) bond motifs is 3. The third kappa shape index (κ3) is 5.35. The van der Waals surface area contributed by atoms with Crippen LogP contribution in [0.5, 0.6) is 11.5 Å². The molecule has 1 unspecified atom stereocenters. The summed E-state index contributed by atoms with van der Waals surface area (Å²) in [5.74, 6) is 0.687. The van der Waals surface area contributed by atoms with E-state index in [-0.39, 0.29) is 23.5 Å². The normalized spacial score (nSPS) is 14.8. The van der Waals surface area contributed by atoms with E-state index in [1.807, 2.05) is 12.1 Å². The third-order valence-electron chi connectivity index (χ3n) is 5.64. The lowest BCUT2D eigenvalue weighted by Crippen LogP contribution is -2.26. The molecule has 8 nitrogen and oxygen atoms in total. The van der Waals surface area contributed by atoms with Crippen LogP contribution in [0.15, 0.2) is 36.4 Å². The van der Waals surface area contributed by atoms with E-state index >= 15 is 0 Å². The first kappa shape index (κ1) is 22.4. The molecule has 1 aliphatic rings. The SMILES string of the molecule is CS(=O)(=O)Nc1ccc(O)c(C(O)CNCCOc2ccc3c4c([nH]c3c2)CCCC4)c1. The topological polar surface area (TPSA) is 124 Å². The number of hydrogen-bond acceptors (Lipinski definition) is 6. The summed E-state index contributed by atoms with van der Waals surface area (Å²) in [5.41, 5.74) is 4.42. The van der Waals surface area contributed by atoms with Crippen molar-refractivity contribution in [2.75, 3.05) is 30.7 Å². The Bertz CT molecular complexity index is 1210. The van der Waals surface area contributed by atoms with E-state index in [1.54, 1.807) is 0 Å². The molecule has 0 saturated carbocycles. The van der Waals surface area contributed by atoms with Gasteiger partial charge in [0.05, 0.1) is 12.4 Å². The highest BCUT2D eigenvalue weighted by atomic mass is 32.2. The van der Waals surface area contributed by atoms with Crippen LogP contribution < -0.4 is 14.8 Å². The Labute approximate surface area is 187 Å². The number of aromatic hydroxyl groups is 1. The van der Waals surface area contributed by atoms with Gasteiger partial charge in [0.2, 0.25) is 10.0 Å². The molecule has 172 valence electrons. The number of nitrogens with one attached hydrogen (secondary N) is 3. The Hall–Kier alpha value is -2.75. The van der Waals surface area contributed by atoms with E-state index in [0.29, 0.717) is 13.2 Å². The molecule has 0 saturated heterocycles. The summed E-state index contributed by atoms with van der Waals surface area (Å²) in [6, 6.07) is 10.3. The average Bonchev–Trinajstić information content (AvgIpc) is 3.11. The molecular weight excluding hydrogens is 430 g/mol. The number of hydrogen-bond donors (Lipinski definition) is 5. The van der Waals surface area contributed by atoms with Crippen LogP contribution in [0.2, 0.25) is 0 Å². The lowest BCUT2D eigenvalue weighted by Gasteiger charge is -2.15. The molecule has 1 aromatic heterocycles. The van der Waals surface area contributed by atoms with Gasteiger partial charge in [-0.25, -0.2) is 8.42 Å². The minimum Gasteiger partial charge on any atom is -0.508 e. The first-order chi connectivity index (χ1) is 15.3. The summed E-state index contributed by atoms with van der Waals surface area (Å²) in [6.07, 6.45) is 4.75. The summed E-state index contributed by atoms with van der Waals surface area (Å²) in [4.78, 5) is 3.52. The summed E-state index contributed by atoms with van der Waals surface area (Å²) >= 11 is 0. The molecule has 2 aromatic carbocycles. The summed E-state index contributed by atoms with van der Waals surface area (Å²) < 4.78 is 30.9. The average molecular weight is 460 g/mol. The van der Waals surface area contributed by atoms with E-state index in [1.165, 1.54) is 47.7 Å². The third-order valence-corrected chi connectivity index (χ3v) is 6.25. The molecule has 0 spiro atoms. The minimum absolute atomic E-state index is 0.100. The number of H-pyrrole nitrogens is 1. The maximum atomic E-state index is 11.4. The Kier molecular flexibility index (Phi) is 6.59. The summed E-state index contributed by atoms with van der Waals surface area (Å²) in [7, 11) is -3.45. The Balaban J connectivity index is 1.28. The second-order valence-corrected chi connectivity index (χ2v) is 9.96. The van der Waals surface area contributed by atoms with Crippen molar-refractivity contribution in [1.29, 1.82) is 0 Å². The van der Waals surface area contributed by atoms with Crippen molar-refractivity contribution in [1.82, 2.24) is 10.3 Å². The van der Waals surface area contributed by atoms with Gasteiger partial charge in [0.25, 0.3) is 0 Å². The van der Waals surface area contributed by atoms with Gasteiger partial charge in [0, 0.05) is 47.0 Å². The Morgan fingerprint density at radius 2 is 1.97 bits per heavy atom. The van der Waals surface area contributed by atoms with E-state index in [0.717, 1.165) is 30.4 Å². The first-order valence-electron chi connectivity index (χ1n) is 10.8. The highest BCUT2D eigenvalue weighted by Crippen LogP contribution is 2.31. The number of rotatable bonds is 9. The number of aromatic nitrogens is 1. The summed E-state index contributed by atoms with van der Waals surface area (Å²) in [6.45, 7) is 1.10. The highest BCUT2D eigenvalue weighted by molar-refractivity contribution is 7.92. The molecule has 0 amide bonds. The van der Waals surface area contributed by atoms with Crippen LogP contribution in [0.1, 0.15) is 35.8 Å². The number of aliphatic hydroxyl groups is 1. The van der Waals surface area contributed by atoms with E-state index in [9.17, 15) is 18.6 Å². The number of aromatic amines is 1. The molecule has 0 fully saturated rings. The maximum absolute atomic E-state index is 11.4. The minimum atomic E-state index is -3.45. The fraction of sp³-hybridized carbons (Fsp3) is 0.391. The molecule has 0 bridgehead atoms. The van der Waals surface area contributed by atoms with Gasteiger partial charge >= 0.3 is 0 Å². The fourth-order valence-corrected chi connectivity index (χ4v) is 4.73. The smallest absolute Gasteiger partial charge is 0.229 e. The number of anilines is 1. The molecule has 0 radical (unpaired) electrons. The number of aliphatic hydroxyl groups excluding tert-OH is 1. The maximum Gasteiger partial charge on any atom is 0.229 e. The van der Waals surface area contributed by atoms with Crippen molar-refractivity contribution in [3.63, 3.8) is 0 Å². The Morgan fingerprint density at radius 1 is 1.16 bits per heavy atom. The van der Waals surface area contributed by atoms with Gasteiger partial charge < -0.3 is 25.3 Å².